The lowest BCUT2D eigenvalue weighted by Crippen LogP contribution is -2.61. The normalized spacial score (nSPS) is 16.1. The van der Waals surface area contributed by atoms with Crippen LogP contribution in [-0.4, -0.2) is 6.85 Å². The summed E-state index contributed by atoms with van der Waals surface area (Å²) in [5.41, 5.74) is 21.7. The Morgan fingerprint density at radius 1 is 0.645 bits per heavy atom. The van der Waals surface area contributed by atoms with Gasteiger partial charge in [-0.1, -0.05) is 122 Å². The van der Waals surface area contributed by atoms with Crippen LogP contribution in [0.4, 0.5) is 28.4 Å². The van der Waals surface area contributed by atoms with Crippen LogP contribution in [0.3, 0.4) is 0 Å². The van der Waals surface area contributed by atoms with Crippen LogP contribution in [0.15, 0.2) is 120 Å². The molecule has 3 heterocycles. The number of nitrogens with zero attached hydrogens (tertiary/aromatic N) is 2. The van der Waals surface area contributed by atoms with E-state index in [0.29, 0.717) is 0 Å². The van der Waals surface area contributed by atoms with E-state index in [4.69, 9.17) is 4.42 Å². The number of fused-ring (bicyclic) bond motifs is 9. The van der Waals surface area contributed by atoms with Gasteiger partial charge in [0.25, 0.3) is 0 Å². The van der Waals surface area contributed by atoms with E-state index in [1.807, 2.05) is 0 Å². The van der Waals surface area contributed by atoms with Gasteiger partial charge in [0, 0.05) is 50.8 Å². The molecule has 1 aromatic heterocycles. The van der Waals surface area contributed by atoms with E-state index in [0.717, 1.165) is 17.6 Å². The number of hydrogen-bond acceptors (Lipinski definition) is 3. The number of unbranched alkanes of at least 4 members (excludes halogenated alkanes) is 1. The van der Waals surface area contributed by atoms with Crippen molar-refractivity contribution in [3.05, 3.63) is 149 Å². The van der Waals surface area contributed by atoms with Gasteiger partial charge in [0.15, 0.2) is 0 Å². The van der Waals surface area contributed by atoms with Crippen molar-refractivity contribution < 1.29 is 4.42 Å². The third-order valence-electron chi connectivity index (χ3n) is 14.9. The van der Waals surface area contributed by atoms with E-state index in [2.05, 4.69) is 194 Å². The van der Waals surface area contributed by atoms with Crippen LogP contribution in [-0.2, 0) is 22.7 Å². The molecule has 0 N–H and O–H groups in total. The van der Waals surface area contributed by atoms with Gasteiger partial charge in [-0.25, -0.2) is 0 Å². The van der Waals surface area contributed by atoms with Crippen molar-refractivity contribution in [3.63, 3.8) is 0 Å². The molecule has 4 heteroatoms. The van der Waals surface area contributed by atoms with Gasteiger partial charge in [-0.15, -0.1) is 0 Å². The van der Waals surface area contributed by atoms with Gasteiger partial charge < -0.3 is 14.1 Å². The quantitative estimate of drug-likeness (QED) is 0.161. The monoisotopic (exact) mass is 810 g/mol. The van der Waals surface area contributed by atoms with E-state index >= 15 is 0 Å². The van der Waals surface area contributed by atoms with Crippen LogP contribution in [0.1, 0.15) is 114 Å². The molecule has 0 bridgehead atoms. The van der Waals surface area contributed by atoms with Gasteiger partial charge >= 0.3 is 6.85 Å². The molecule has 0 radical (unpaired) electrons. The molecule has 8 aromatic rings. The molecule has 2 aliphatic heterocycles. The van der Waals surface area contributed by atoms with Crippen molar-refractivity contribution in [1.29, 1.82) is 0 Å². The van der Waals surface area contributed by atoms with E-state index in [-0.39, 0.29) is 23.1 Å². The van der Waals surface area contributed by atoms with Crippen molar-refractivity contribution in [3.8, 4) is 11.1 Å². The van der Waals surface area contributed by atoms with Gasteiger partial charge in [-0.05, 0) is 165 Å². The highest BCUT2D eigenvalue weighted by Gasteiger charge is 2.46. The van der Waals surface area contributed by atoms with Crippen molar-refractivity contribution >= 4 is 78.9 Å². The summed E-state index contributed by atoms with van der Waals surface area (Å²) in [7, 11) is 0. The van der Waals surface area contributed by atoms with Gasteiger partial charge in [-0.2, -0.15) is 0 Å². The molecule has 0 saturated heterocycles. The Labute approximate surface area is 368 Å². The number of rotatable bonds is 5. The number of anilines is 5. The highest BCUT2D eigenvalue weighted by atomic mass is 16.3. The molecule has 1 aliphatic carbocycles. The van der Waals surface area contributed by atoms with Gasteiger partial charge in [-0.3, -0.25) is 0 Å². The Bertz CT molecular complexity index is 3140. The number of hydrogen-bond donors (Lipinski definition) is 0. The molecular weight excluding hydrogens is 751 g/mol. The summed E-state index contributed by atoms with van der Waals surface area (Å²) >= 11 is 0. The fourth-order valence-corrected chi connectivity index (χ4v) is 11.3. The minimum atomic E-state index is -0.0903. The highest BCUT2D eigenvalue weighted by Crippen LogP contribution is 2.51. The fourth-order valence-electron chi connectivity index (χ4n) is 11.3. The number of aryl methyl sites for hydroxylation is 3. The van der Waals surface area contributed by atoms with Crippen molar-refractivity contribution in [2.24, 2.45) is 0 Å². The predicted octanol–water partition coefficient (Wildman–Crippen LogP) is 15.1. The number of furan rings is 1. The molecule has 62 heavy (non-hydrogen) atoms. The lowest BCUT2D eigenvalue weighted by Gasteiger charge is -2.46. The molecule has 0 fully saturated rings. The standard InChI is InChI=1S/C58H59BN2O/c1-11-12-15-37-18-23-49(36(3)28-37)60-51-34-54-44(43-31-46-47(33-53(43)62-54)58(9,10)25-24-57(46,7)8)32-48(51)59-55-45(26-35(2)27-52(55)60)42-29-38-16-13-14-17-39(38)30-50(42)61(59)41-21-19-40(20-22-41)56(4,5)6/h13-14,16-23,26-34H,11-12,15,24-25H2,1-10H3. The molecule has 3 aliphatic rings. The van der Waals surface area contributed by atoms with Gasteiger partial charge in [0.05, 0.1) is 0 Å². The van der Waals surface area contributed by atoms with Crippen LogP contribution in [0, 0.1) is 13.8 Å². The van der Waals surface area contributed by atoms with Gasteiger partial charge in [0.1, 0.15) is 11.2 Å². The molecule has 0 atom stereocenters. The van der Waals surface area contributed by atoms with Crippen LogP contribution in [0.2, 0.25) is 0 Å². The SMILES string of the molecule is CCCCc1ccc(N2c3cc4oc5cc6c(cc5c4cc3B3c4c(cc(C)cc42)-c2cc4ccccc4cc2N3c2ccc(C(C)(C)C)cc2)C(C)(C)CCC6(C)C)c(C)c1. The first-order valence-electron chi connectivity index (χ1n) is 23.1. The molecule has 7 aromatic carbocycles. The molecule has 0 unspecified atom stereocenters. The average Bonchev–Trinajstić information content (AvgIpc) is 3.59. The Kier molecular flexibility index (Phi) is 8.60. The summed E-state index contributed by atoms with van der Waals surface area (Å²) in [4.78, 5) is 5.24. The topological polar surface area (TPSA) is 19.6 Å². The maximum absolute atomic E-state index is 7.06. The van der Waals surface area contributed by atoms with Crippen LogP contribution in [0.5, 0.6) is 0 Å². The summed E-state index contributed by atoms with van der Waals surface area (Å²) < 4.78 is 7.06. The summed E-state index contributed by atoms with van der Waals surface area (Å²) in [6, 6.07) is 45.0. The summed E-state index contributed by atoms with van der Waals surface area (Å²) in [5.74, 6) is 0. The molecule has 0 saturated carbocycles. The lowest BCUT2D eigenvalue weighted by atomic mass is 9.43. The van der Waals surface area contributed by atoms with E-state index < -0.39 is 0 Å². The smallest absolute Gasteiger partial charge is 0.333 e. The maximum atomic E-state index is 7.06. The second-order valence-electron chi connectivity index (χ2n) is 21.3. The molecule has 310 valence electrons. The molecular formula is C58H59BN2O. The van der Waals surface area contributed by atoms with Crippen molar-refractivity contribution in [2.45, 2.75) is 118 Å². The second-order valence-corrected chi connectivity index (χ2v) is 21.3. The Balaban J connectivity index is 1.25. The summed E-state index contributed by atoms with van der Waals surface area (Å²) in [6.45, 7) is 23.3. The van der Waals surface area contributed by atoms with Crippen LogP contribution >= 0.6 is 0 Å². The zero-order valence-electron chi connectivity index (χ0n) is 38.4. The first-order chi connectivity index (χ1) is 29.6. The zero-order chi connectivity index (χ0) is 43.0. The average molecular weight is 811 g/mol. The lowest BCUT2D eigenvalue weighted by molar-refractivity contribution is 0.332. The maximum Gasteiger partial charge on any atom is 0.333 e. The first-order valence-corrected chi connectivity index (χ1v) is 23.1. The molecule has 0 spiro atoms. The summed E-state index contributed by atoms with van der Waals surface area (Å²) in [5, 5.41) is 4.92. The van der Waals surface area contributed by atoms with E-state index in [1.165, 1.54) is 131 Å². The highest BCUT2D eigenvalue weighted by molar-refractivity contribution is 6.93. The minimum absolute atomic E-state index is 0.0463. The van der Waals surface area contributed by atoms with E-state index in [9.17, 15) is 0 Å². The van der Waals surface area contributed by atoms with Crippen molar-refractivity contribution in [1.82, 2.24) is 0 Å². The predicted molar refractivity (Wildman–Crippen MR) is 267 cm³/mol. The van der Waals surface area contributed by atoms with Crippen molar-refractivity contribution in [2.75, 3.05) is 9.71 Å². The fraction of sp³-hybridized carbons (Fsp3) is 0.310. The number of benzene rings is 7. The Morgan fingerprint density at radius 2 is 1.32 bits per heavy atom. The third kappa shape index (κ3) is 5.92. The Hall–Kier alpha value is -5.74. The second kappa shape index (κ2) is 13.6. The third-order valence-corrected chi connectivity index (χ3v) is 14.9. The van der Waals surface area contributed by atoms with Crippen LogP contribution in [0.25, 0.3) is 43.8 Å². The van der Waals surface area contributed by atoms with Gasteiger partial charge in [0.2, 0.25) is 0 Å². The first kappa shape index (κ1) is 39.1. The zero-order valence-corrected chi connectivity index (χ0v) is 38.4. The minimum Gasteiger partial charge on any atom is -0.456 e. The van der Waals surface area contributed by atoms with Crippen LogP contribution < -0.4 is 20.6 Å². The Morgan fingerprint density at radius 3 is 2.02 bits per heavy atom. The molecule has 11 rings (SSSR count). The summed E-state index contributed by atoms with van der Waals surface area (Å²) in [6.07, 6.45) is 5.83. The largest absolute Gasteiger partial charge is 0.456 e. The van der Waals surface area contributed by atoms with E-state index in [1.54, 1.807) is 0 Å². The molecule has 3 nitrogen and oxygen atoms in total. The molecule has 0 amide bonds.